The lowest BCUT2D eigenvalue weighted by molar-refractivity contribution is -0.153. The summed E-state index contributed by atoms with van der Waals surface area (Å²) < 4.78 is 0. The molecule has 39 heavy (non-hydrogen) atoms. The molecule has 5 rings (SSSR count). The van der Waals surface area contributed by atoms with E-state index in [0.29, 0.717) is 11.4 Å². The zero-order chi connectivity index (χ0) is 28.1. The molecular formula is C31H36N4O4. The van der Waals surface area contributed by atoms with Crippen LogP contribution < -0.4 is 9.80 Å². The first-order chi connectivity index (χ1) is 18.4. The molecule has 2 aliphatic heterocycles. The summed E-state index contributed by atoms with van der Waals surface area (Å²) in [6.45, 7) is 14.0. The Morgan fingerprint density at radius 3 is 1.51 bits per heavy atom. The lowest BCUT2D eigenvalue weighted by atomic mass is 10.0. The second kappa shape index (κ2) is 9.70. The number of amides is 2. The minimum absolute atomic E-state index is 0.456. The van der Waals surface area contributed by atoms with E-state index < -0.39 is 35.6 Å². The molecule has 2 amide bonds. The highest BCUT2D eigenvalue weighted by Gasteiger charge is 2.50. The van der Waals surface area contributed by atoms with Crippen LogP contribution in [0.1, 0.15) is 70.6 Å². The fourth-order valence-corrected chi connectivity index (χ4v) is 5.08. The topological polar surface area (TPSA) is 65.6 Å². The van der Waals surface area contributed by atoms with Gasteiger partial charge in [0.25, 0.3) is 0 Å². The number of aryl methyl sites for hydroxylation is 1. The predicted molar refractivity (Wildman–Crippen MR) is 151 cm³/mol. The van der Waals surface area contributed by atoms with Crippen molar-refractivity contribution in [2.45, 2.75) is 71.9 Å². The Kier molecular flexibility index (Phi) is 6.64. The van der Waals surface area contributed by atoms with E-state index in [2.05, 4.69) is 0 Å². The van der Waals surface area contributed by atoms with Gasteiger partial charge in [-0.25, -0.2) is 9.59 Å². The minimum atomic E-state index is -0.492. The van der Waals surface area contributed by atoms with Crippen LogP contribution in [0.15, 0.2) is 78.9 Å². The number of hydrogen-bond acceptors (Lipinski definition) is 6. The Bertz CT molecular complexity index is 1360. The van der Waals surface area contributed by atoms with Crippen molar-refractivity contribution < 1.29 is 19.3 Å². The quantitative estimate of drug-likeness (QED) is 0.353. The molecule has 3 aromatic carbocycles. The van der Waals surface area contributed by atoms with Crippen molar-refractivity contribution in [1.29, 1.82) is 0 Å². The SMILES string of the molecule is Cc1ccc(N2C(=O)ON(C(C)(C)C)C2c2ccccc2)cc1N1C(=O)ON(C(C)(C)C)C1c1ccccc1. The second-order valence-corrected chi connectivity index (χ2v) is 12.0. The first kappa shape index (κ1) is 26.7. The number of carbonyl (C=O) groups is 2. The number of carbonyl (C=O) groups excluding carboxylic acids is 2. The summed E-state index contributed by atoms with van der Waals surface area (Å²) in [6, 6.07) is 25.3. The van der Waals surface area contributed by atoms with Gasteiger partial charge in [-0.15, -0.1) is 10.1 Å². The standard InChI is InChI=1S/C31H36N4O4/c1-21-18-19-24(32-26(22-14-10-8-11-15-22)34(30(2,3)4)38-28(32)36)20-25(21)33-27(23-16-12-9-13-17-23)35(31(5,6)7)39-29(33)37/h8-20,26-27H,1-7H3. The van der Waals surface area contributed by atoms with E-state index in [-0.39, 0.29) is 0 Å². The smallest absolute Gasteiger partial charge is 0.348 e. The van der Waals surface area contributed by atoms with Crippen LogP contribution in [0, 0.1) is 6.92 Å². The summed E-state index contributed by atoms with van der Waals surface area (Å²) >= 11 is 0. The zero-order valence-corrected chi connectivity index (χ0v) is 23.6. The molecule has 2 heterocycles. The van der Waals surface area contributed by atoms with Gasteiger partial charge in [0.1, 0.15) is 0 Å². The molecule has 0 saturated carbocycles. The number of benzene rings is 3. The summed E-state index contributed by atoms with van der Waals surface area (Å²) in [5, 5.41) is 3.46. The molecule has 0 bridgehead atoms. The van der Waals surface area contributed by atoms with E-state index in [1.807, 2.05) is 127 Å². The Balaban J connectivity index is 1.63. The molecule has 8 heteroatoms. The molecule has 0 N–H and O–H groups in total. The maximum absolute atomic E-state index is 13.5. The van der Waals surface area contributed by atoms with E-state index in [9.17, 15) is 9.59 Å². The lowest BCUT2D eigenvalue weighted by Crippen LogP contribution is -2.43. The summed E-state index contributed by atoms with van der Waals surface area (Å²) in [4.78, 5) is 41.9. The van der Waals surface area contributed by atoms with Gasteiger partial charge >= 0.3 is 12.2 Å². The van der Waals surface area contributed by atoms with Gasteiger partial charge in [0.05, 0.1) is 22.5 Å². The fourth-order valence-electron chi connectivity index (χ4n) is 5.08. The van der Waals surface area contributed by atoms with Crippen LogP contribution in [0.25, 0.3) is 0 Å². The van der Waals surface area contributed by atoms with Crippen LogP contribution in [-0.4, -0.2) is 33.4 Å². The molecule has 3 aromatic rings. The third kappa shape index (κ3) is 4.86. The van der Waals surface area contributed by atoms with Crippen molar-refractivity contribution >= 4 is 23.6 Å². The molecule has 2 unspecified atom stereocenters. The van der Waals surface area contributed by atoms with E-state index in [0.717, 1.165) is 16.7 Å². The van der Waals surface area contributed by atoms with Crippen LogP contribution in [0.2, 0.25) is 0 Å². The second-order valence-electron chi connectivity index (χ2n) is 12.0. The van der Waals surface area contributed by atoms with Crippen LogP contribution >= 0.6 is 0 Å². The molecule has 2 fully saturated rings. The van der Waals surface area contributed by atoms with Crippen molar-refractivity contribution in [1.82, 2.24) is 10.1 Å². The fraction of sp³-hybridized carbons (Fsp3) is 0.355. The van der Waals surface area contributed by atoms with Crippen LogP contribution in [0.4, 0.5) is 21.0 Å². The summed E-state index contributed by atoms with van der Waals surface area (Å²) in [5.74, 6) is 0. The van der Waals surface area contributed by atoms with E-state index in [1.165, 1.54) is 0 Å². The molecule has 2 atom stereocenters. The maximum Gasteiger partial charge on any atom is 0.435 e. The molecule has 8 nitrogen and oxygen atoms in total. The van der Waals surface area contributed by atoms with E-state index in [1.54, 1.807) is 19.9 Å². The van der Waals surface area contributed by atoms with Crippen molar-refractivity contribution in [2.24, 2.45) is 0 Å². The predicted octanol–water partition coefficient (Wildman–Crippen LogP) is 7.34. The number of anilines is 2. The number of hydrogen-bond donors (Lipinski definition) is 0. The third-order valence-corrected chi connectivity index (χ3v) is 6.93. The first-order valence-electron chi connectivity index (χ1n) is 13.2. The summed E-state index contributed by atoms with van der Waals surface area (Å²) in [5.41, 5.74) is 3.08. The Labute approximate surface area is 230 Å². The average molecular weight is 529 g/mol. The molecule has 0 spiro atoms. The van der Waals surface area contributed by atoms with Crippen molar-refractivity contribution in [3.63, 3.8) is 0 Å². The average Bonchev–Trinajstić information content (AvgIpc) is 3.43. The lowest BCUT2D eigenvalue weighted by Gasteiger charge is -2.36. The number of hydroxylamine groups is 4. The largest absolute Gasteiger partial charge is 0.435 e. The van der Waals surface area contributed by atoms with Crippen LogP contribution in [-0.2, 0) is 9.68 Å². The van der Waals surface area contributed by atoms with Gasteiger partial charge in [-0.1, -0.05) is 66.7 Å². The zero-order valence-electron chi connectivity index (χ0n) is 23.6. The monoisotopic (exact) mass is 528 g/mol. The Hall–Kier alpha value is -3.88. The van der Waals surface area contributed by atoms with E-state index >= 15 is 0 Å². The van der Waals surface area contributed by atoms with Gasteiger partial charge < -0.3 is 9.68 Å². The molecule has 0 aromatic heterocycles. The van der Waals surface area contributed by atoms with Gasteiger partial charge in [-0.05, 0) is 77.3 Å². The summed E-state index contributed by atoms with van der Waals surface area (Å²) in [6.07, 6.45) is -1.93. The van der Waals surface area contributed by atoms with Crippen molar-refractivity contribution in [3.8, 4) is 0 Å². The van der Waals surface area contributed by atoms with Crippen LogP contribution in [0.5, 0.6) is 0 Å². The van der Waals surface area contributed by atoms with Gasteiger partial charge in [0.2, 0.25) is 0 Å². The van der Waals surface area contributed by atoms with E-state index in [4.69, 9.17) is 9.68 Å². The van der Waals surface area contributed by atoms with Gasteiger partial charge in [-0.3, -0.25) is 9.80 Å². The van der Waals surface area contributed by atoms with Gasteiger partial charge in [-0.2, -0.15) is 0 Å². The molecule has 0 aliphatic carbocycles. The first-order valence-corrected chi connectivity index (χ1v) is 13.2. The number of nitrogens with zero attached hydrogens (tertiary/aromatic N) is 4. The molecule has 0 radical (unpaired) electrons. The molecule has 2 aliphatic rings. The van der Waals surface area contributed by atoms with Gasteiger partial charge in [0, 0.05) is 0 Å². The maximum atomic E-state index is 13.5. The highest BCUT2D eigenvalue weighted by atomic mass is 16.8. The Morgan fingerprint density at radius 2 is 1.05 bits per heavy atom. The summed E-state index contributed by atoms with van der Waals surface area (Å²) in [7, 11) is 0. The highest BCUT2D eigenvalue weighted by molar-refractivity contribution is 5.95. The molecule has 2 saturated heterocycles. The van der Waals surface area contributed by atoms with Crippen molar-refractivity contribution in [3.05, 3.63) is 95.6 Å². The highest BCUT2D eigenvalue weighted by Crippen LogP contribution is 2.45. The normalized spacial score (nSPS) is 20.9. The minimum Gasteiger partial charge on any atom is -0.348 e. The number of rotatable bonds is 4. The Morgan fingerprint density at radius 1 is 0.615 bits per heavy atom. The van der Waals surface area contributed by atoms with Crippen LogP contribution in [0.3, 0.4) is 0 Å². The van der Waals surface area contributed by atoms with Crippen molar-refractivity contribution in [2.75, 3.05) is 9.80 Å². The molecular weight excluding hydrogens is 492 g/mol. The molecule has 204 valence electrons. The van der Waals surface area contributed by atoms with Gasteiger partial charge in [0.15, 0.2) is 12.3 Å². The third-order valence-electron chi connectivity index (χ3n) is 6.93.